The topological polar surface area (TPSA) is 24.9 Å². The minimum absolute atomic E-state index is 0.130. The number of pyridine rings is 1. The summed E-state index contributed by atoms with van der Waals surface area (Å²) in [6.45, 7) is 7.29. The molecule has 0 saturated heterocycles. The number of benzene rings is 1. The van der Waals surface area contributed by atoms with E-state index in [1.54, 1.807) is 12.3 Å². The van der Waals surface area contributed by atoms with Crippen molar-refractivity contribution >= 4 is 0 Å². The molecule has 3 heteroatoms. The van der Waals surface area contributed by atoms with Crippen molar-refractivity contribution in [2.75, 3.05) is 6.54 Å². The predicted molar refractivity (Wildman–Crippen MR) is 84.9 cm³/mol. The molecule has 1 aromatic heterocycles. The maximum absolute atomic E-state index is 14.1. The summed E-state index contributed by atoms with van der Waals surface area (Å²) in [5.74, 6) is 0.234. The van der Waals surface area contributed by atoms with E-state index in [0.717, 1.165) is 18.5 Å². The van der Waals surface area contributed by atoms with Crippen LogP contribution in [0.3, 0.4) is 0 Å². The van der Waals surface area contributed by atoms with E-state index in [2.05, 4.69) is 55.3 Å². The van der Waals surface area contributed by atoms with Gasteiger partial charge < -0.3 is 5.32 Å². The molecule has 0 aliphatic carbocycles. The Morgan fingerprint density at radius 3 is 2.33 bits per heavy atom. The molecule has 0 bridgehead atoms. The van der Waals surface area contributed by atoms with Gasteiger partial charge in [0.05, 0.1) is 12.2 Å². The van der Waals surface area contributed by atoms with Crippen LogP contribution in [0, 0.1) is 5.82 Å². The van der Waals surface area contributed by atoms with E-state index in [1.165, 1.54) is 11.8 Å². The third-order valence-electron chi connectivity index (χ3n) is 3.65. The first-order valence-corrected chi connectivity index (χ1v) is 7.56. The molecule has 2 aromatic rings. The summed E-state index contributed by atoms with van der Waals surface area (Å²) >= 11 is 0. The fourth-order valence-electron chi connectivity index (χ4n) is 2.39. The van der Waals surface area contributed by atoms with E-state index in [4.69, 9.17) is 0 Å². The molecule has 2 nitrogen and oxygen atoms in total. The molecule has 0 saturated carbocycles. The van der Waals surface area contributed by atoms with Crippen molar-refractivity contribution in [1.29, 1.82) is 0 Å². The summed E-state index contributed by atoms with van der Waals surface area (Å²) in [5, 5.41) is 3.42. The molecule has 0 radical (unpaired) electrons. The number of rotatable bonds is 6. The molecular weight excluding hydrogens is 263 g/mol. The highest BCUT2D eigenvalue weighted by atomic mass is 19.1. The van der Waals surface area contributed by atoms with Crippen molar-refractivity contribution in [3.63, 3.8) is 0 Å². The molecule has 0 aliphatic heterocycles. The van der Waals surface area contributed by atoms with Crippen LogP contribution >= 0.6 is 0 Å². The van der Waals surface area contributed by atoms with Gasteiger partial charge in [0.1, 0.15) is 5.82 Å². The second-order valence-electron chi connectivity index (χ2n) is 5.61. The van der Waals surface area contributed by atoms with Crippen molar-refractivity contribution in [3.8, 4) is 0 Å². The lowest BCUT2D eigenvalue weighted by Gasteiger charge is -2.20. The van der Waals surface area contributed by atoms with Gasteiger partial charge in [-0.1, -0.05) is 45.0 Å². The maximum atomic E-state index is 14.1. The molecule has 0 amide bonds. The van der Waals surface area contributed by atoms with Crippen molar-refractivity contribution in [3.05, 3.63) is 65.2 Å². The number of nitrogens with zero attached hydrogens (tertiary/aromatic N) is 1. The van der Waals surface area contributed by atoms with Crippen molar-refractivity contribution in [1.82, 2.24) is 10.3 Å². The van der Waals surface area contributed by atoms with E-state index < -0.39 is 0 Å². The van der Waals surface area contributed by atoms with E-state index in [1.807, 2.05) is 0 Å². The third kappa shape index (κ3) is 3.88. The van der Waals surface area contributed by atoms with Crippen molar-refractivity contribution < 1.29 is 4.39 Å². The molecule has 1 aromatic carbocycles. The average molecular weight is 286 g/mol. The quantitative estimate of drug-likeness (QED) is 0.849. The van der Waals surface area contributed by atoms with E-state index in [-0.39, 0.29) is 11.9 Å². The fraction of sp³-hybridized carbons (Fsp3) is 0.389. The van der Waals surface area contributed by atoms with Crippen LogP contribution in [0.15, 0.2) is 42.7 Å². The molecule has 0 fully saturated rings. The van der Waals surface area contributed by atoms with Crippen LogP contribution in [0.1, 0.15) is 55.8 Å². The standard InChI is InChI=1S/C18H23FN2/c1-4-10-21-18(16-9-11-20-12-17(16)19)15-7-5-14(6-8-15)13(2)3/h5-9,11-13,18,21H,4,10H2,1-3H3. The summed E-state index contributed by atoms with van der Waals surface area (Å²) in [6.07, 6.45) is 3.92. The molecule has 1 N–H and O–H groups in total. The minimum atomic E-state index is -0.265. The van der Waals surface area contributed by atoms with Crippen LogP contribution in [0.25, 0.3) is 0 Å². The van der Waals surface area contributed by atoms with Crippen molar-refractivity contribution in [2.24, 2.45) is 0 Å². The number of halogens is 1. The number of aromatic nitrogens is 1. The summed E-state index contributed by atoms with van der Waals surface area (Å²) in [5.41, 5.74) is 3.02. The number of nitrogens with one attached hydrogen (secondary N) is 1. The summed E-state index contributed by atoms with van der Waals surface area (Å²) < 4.78 is 14.1. The SMILES string of the molecule is CCCNC(c1ccc(C(C)C)cc1)c1ccncc1F. The molecule has 1 atom stereocenters. The lowest BCUT2D eigenvalue weighted by atomic mass is 9.95. The van der Waals surface area contributed by atoms with Crippen molar-refractivity contribution in [2.45, 2.75) is 39.2 Å². The average Bonchev–Trinajstić information content (AvgIpc) is 2.50. The highest BCUT2D eigenvalue weighted by Gasteiger charge is 2.17. The maximum Gasteiger partial charge on any atom is 0.146 e. The monoisotopic (exact) mass is 286 g/mol. The van der Waals surface area contributed by atoms with Crippen LogP contribution in [-0.2, 0) is 0 Å². The Balaban J connectivity index is 2.33. The molecule has 0 spiro atoms. The second-order valence-corrected chi connectivity index (χ2v) is 5.61. The van der Waals surface area contributed by atoms with Gasteiger partial charge in [-0.15, -0.1) is 0 Å². The first-order chi connectivity index (χ1) is 10.1. The Morgan fingerprint density at radius 1 is 1.10 bits per heavy atom. The number of hydrogen-bond acceptors (Lipinski definition) is 2. The fourth-order valence-corrected chi connectivity index (χ4v) is 2.39. The zero-order valence-electron chi connectivity index (χ0n) is 12.9. The van der Waals surface area contributed by atoms with E-state index in [9.17, 15) is 4.39 Å². The van der Waals surface area contributed by atoms with Crippen LogP contribution < -0.4 is 5.32 Å². The van der Waals surface area contributed by atoms with Gasteiger partial charge in [0.2, 0.25) is 0 Å². The molecule has 0 aliphatic rings. The molecule has 1 unspecified atom stereocenters. The van der Waals surface area contributed by atoms with E-state index in [0.29, 0.717) is 11.5 Å². The molecule has 1 heterocycles. The number of hydrogen-bond donors (Lipinski definition) is 1. The van der Waals surface area contributed by atoms with Gasteiger partial charge >= 0.3 is 0 Å². The molecule has 2 rings (SSSR count). The Bertz CT molecular complexity index is 564. The second kappa shape index (κ2) is 7.32. The predicted octanol–water partition coefficient (Wildman–Crippen LogP) is 4.43. The van der Waals surface area contributed by atoms with Crippen LogP contribution in [0.5, 0.6) is 0 Å². The van der Waals surface area contributed by atoms with Crippen LogP contribution in [0.2, 0.25) is 0 Å². The zero-order valence-corrected chi connectivity index (χ0v) is 12.9. The third-order valence-corrected chi connectivity index (χ3v) is 3.65. The van der Waals surface area contributed by atoms with Gasteiger partial charge in [0.15, 0.2) is 0 Å². The zero-order chi connectivity index (χ0) is 15.2. The molecular formula is C18H23FN2. The summed E-state index contributed by atoms with van der Waals surface area (Å²) in [6, 6.07) is 10.0. The Kier molecular flexibility index (Phi) is 5.45. The molecule has 21 heavy (non-hydrogen) atoms. The summed E-state index contributed by atoms with van der Waals surface area (Å²) in [7, 11) is 0. The highest BCUT2D eigenvalue weighted by molar-refractivity contribution is 5.34. The Hall–Kier alpha value is -1.74. The lowest BCUT2D eigenvalue weighted by Crippen LogP contribution is -2.24. The lowest BCUT2D eigenvalue weighted by molar-refractivity contribution is 0.543. The molecule has 112 valence electrons. The Morgan fingerprint density at radius 2 is 1.76 bits per heavy atom. The minimum Gasteiger partial charge on any atom is -0.306 e. The van der Waals surface area contributed by atoms with Gasteiger partial charge in [0.25, 0.3) is 0 Å². The van der Waals surface area contributed by atoms with Gasteiger partial charge in [-0.05, 0) is 36.1 Å². The first kappa shape index (κ1) is 15.6. The largest absolute Gasteiger partial charge is 0.306 e. The van der Waals surface area contributed by atoms with Gasteiger partial charge in [-0.3, -0.25) is 4.98 Å². The van der Waals surface area contributed by atoms with Gasteiger partial charge in [-0.25, -0.2) is 4.39 Å². The van der Waals surface area contributed by atoms with Crippen LogP contribution in [-0.4, -0.2) is 11.5 Å². The van der Waals surface area contributed by atoms with Gasteiger partial charge in [-0.2, -0.15) is 0 Å². The van der Waals surface area contributed by atoms with E-state index >= 15 is 0 Å². The highest BCUT2D eigenvalue weighted by Crippen LogP contribution is 2.25. The normalized spacial score (nSPS) is 12.6. The van der Waals surface area contributed by atoms with Crippen LogP contribution in [0.4, 0.5) is 4.39 Å². The smallest absolute Gasteiger partial charge is 0.146 e. The van der Waals surface area contributed by atoms with Gasteiger partial charge in [0, 0.05) is 11.8 Å². The first-order valence-electron chi connectivity index (χ1n) is 7.56. The summed E-state index contributed by atoms with van der Waals surface area (Å²) in [4.78, 5) is 3.84. The Labute approximate surface area is 126 Å².